The summed E-state index contributed by atoms with van der Waals surface area (Å²) in [5.74, 6) is 4.92. The van der Waals surface area contributed by atoms with E-state index in [9.17, 15) is 4.79 Å². The summed E-state index contributed by atoms with van der Waals surface area (Å²) in [5.41, 5.74) is 0. The molecule has 0 spiro atoms. The molecule has 3 nitrogen and oxygen atoms in total. The lowest BCUT2D eigenvalue weighted by Gasteiger charge is -2.03. The molecule has 3 heteroatoms. The number of amides is 1. The van der Waals surface area contributed by atoms with Gasteiger partial charge in [-0.2, -0.15) is 0 Å². The molecular formula is C11H16N2O. The van der Waals surface area contributed by atoms with Gasteiger partial charge < -0.3 is 5.32 Å². The van der Waals surface area contributed by atoms with Crippen molar-refractivity contribution in [3.8, 4) is 24.7 Å². The van der Waals surface area contributed by atoms with Crippen molar-refractivity contribution in [2.24, 2.45) is 0 Å². The molecule has 0 aliphatic heterocycles. The summed E-state index contributed by atoms with van der Waals surface area (Å²) in [6.07, 6.45) is 12.7. The number of hydrogen-bond donors (Lipinski definition) is 2. The first kappa shape index (κ1) is 12.6. The van der Waals surface area contributed by atoms with Crippen LogP contribution in [0.25, 0.3) is 0 Å². The molecule has 0 fully saturated rings. The van der Waals surface area contributed by atoms with Gasteiger partial charge in [-0.05, 0) is 12.8 Å². The highest BCUT2D eigenvalue weighted by Gasteiger charge is 1.97. The fourth-order valence-corrected chi connectivity index (χ4v) is 0.891. The van der Waals surface area contributed by atoms with E-state index in [0.717, 1.165) is 19.3 Å². The Morgan fingerprint density at radius 2 is 2.00 bits per heavy atom. The van der Waals surface area contributed by atoms with Crippen LogP contribution in [0.1, 0.15) is 19.3 Å². The first-order valence-corrected chi connectivity index (χ1v) is 4.65. The van der Waals surface area contributed by atoms with Crippen LogP contribution in [0.5, 0.6) is 0 Å². The fourth-order valence-electron chi connectivity index (χ4n) is 0.891. The molecule has 1 amide bonds. The molecule has 0 aromatic carbocycles. The summed E-state index contributed by atoms with van der Waals surface area (Å²) in [4.78, 5) is 11.1. The normalized spacial score (nSPS) is 8.71. The Labute approximate surface area is 85.6 Å². The molecule has 0 unspecified atom stereocenters. The van der Waals surface area contributed by atoms with Crippen molar-refractivity contribution in [1.82, 2.24) is 10.6 Å². The van der Waals surface area contributed by atoms with Crippen LogP contribution in [0.15, 0.2) is 0 Å². The molecule has 0 atom stereocenters. The SMILES string of the molecule is C#CCCCCNC(=O)CNCC#C. The lowest BCUT2D eigenvalue weighted by molar-refractivity contribution is -0.120. The van der Waals surface area contributed by atoms with E-state index in [-0.39, 0.29) is 12.5 Å². The lowest BCUT2D eigenvalue weighted by Crippen LogP contribution is -2.34. The van der Waals surface area contributed by atoms with E-state index in [1.54, 1.807) is 0 Å². The van der Waals surface area contributed by atoms with Gasteiger partial charge >= 0.3 is 0 Å². The number of unbranched alkanes of at least 4 members (excludes halogenated alkanes) is 2. The van der Waals surface area contributed by atoms with E-state index in [0.29, 0.717) is 13.1 Å². The Morgan fingerprint density at radius 3 is 2.64 bits per heavy atom. The number of terminal acetylenes is 2. The highest BCUT2D eigenvalue weighted by atomic mass is 16.1. The van der Waals surface area contributed by atoms with Gasteiger partial charge in [0.25, 0.3) is 0 Å². The molecule has 0 saturated heterocycles. The first-order valence-electron chi connectivity index (χ1n) is 4.65. The first-order chi connectivity index (χ1) is 6.81. The predicted octanol–water partition coefficient (Wildman–Crippen LogP) is 0.129. The molecule has 0 aliphatic carbocycles. The van der Waals surface area contributed by atoms with Gasteiger partial charge in [-0.1, -0.05) is 5.92 Å². The number of nitrogens with one attached hydrogen (secondary N) is 2. The Kier molecular flexibility index (Phi) is 8.64. The van der Waals surface area contributed by atoms with E-state index in [4.69, 9.17) is 12.8 Å². The average molecular weight is 192 g/mol. The highest BCUT2D eigenvalue weighted by molar-refractivity contribution is 5.77. The van der Waals surface area contributed by atoms with Crippen molar-refractivity contribution in [3.05, 3.63) is 0 Å². The summed E-state index contributed by atoms with van der Waals surface area (Å²) >= 11 is 0. The standard InChI is InChI=1S/C11H16N2O/c1-3-5-6-7-9-13-11(14)10-12-8-4-2/h1-2,12H,5-10H2,(H,13,14). The van der Waals surface area contributed by atoms with Crippen molar-refractivity contribution < 1.29 is 4.79 Å². The molecule has 0 bridgehead atoms. The average Bonchev–Trinajstić information content (AvgIpc) is 2.18. The van der Waals surface area contributed by atoms with Crippen LogP contribution in [-0.4, -0.2) is 25.5 Å². The topological polar surface area (TPSA) is 41.1 Å². The maximum absolute atomic E-state index is 11.1. The molecule has 0 aliphatic rings. The third-order valence-corrected chi connectivity index (χ3v) is 1.58. The quantitative estimate of drug-likeness (QED) is 0.444. The minimum absolute atomic E-state index is 0.0269. The van der Waals surface area contributed by atoms with Gasteiger partial charge in [0.05, 0.1) is 13.1 Å². The number of rotatable bonds is 7. The highest BCUT2D eigenvalue weighted by Crippen LogP contribution is 1.90. The van der Waals surface area contributed by atoms with Gasteiger partial charge in [-0.25, -0.2) is 0 Å². The smallest absolute Gasteiger partial charge is 0.233 e. The van der Waals surface area contributed by atoms with Gasteiger partial charge in [-0.3, -0.25) is 10.1 Å². The zero-order valence-electron chi connectivity index (χ0n) is 8.31. The van der Waals surface area contributed by atoms with Gasteiger partial charge in [0.15, 0.2) is 0 Å². The van der Waals surface area contributed by atoms with Crippen LogP contribution in [0, 0.1) is 24.7 Å². The second kappa shape index (κ2) is 9.64. The summed E-state index contributed by atoms with van der Waals surface area (Å²) < 4.78 is 0. The van der Waals surface area contributed by atoms with Crippen molar-refractivity contribution in [1.29, 1.82) is 0 Å². The molecule has 0 heterocycles. The summed E-state index contributed by atoms with van der Waals surface area (Å²) in [6.45, 7) is 1.38. The maximum atomic E-state index is 11.1. The maximum Gasteiger partial charge on any atom is 0.233 e. The predicted molar refractivity (Wildman–Crippen MR) is 57.4 cm³/mol. The van der Waals surface area contributed by atoms with Crippen molar-refractivity contribution in [3.63, 3.8) is 0 Å². The van der Waals surface area contributed by atoms with Crippen molar-refractivity contribution in [2.45, 2.75) is 19.3 Å². The fraction of sp³-hybridized carbons (Fsp3) is 0.545. The number of carbonyl (C=O) groups is 1. The van der Waals surface area contributed by atoms with Gasteiger partial charge in [0.1, 0.15) is 0 Å². The minimum atomic E-state index is -0.0269. The van der Waals surface area contributed by atoms with Crippen LogP contribution in [-0.2, 0) is 4.79 Å². The van der Waals surface area contributed by atoms with Crippen LogP contribution < -0.4 is 10.6 Å². The zero-order chi connectivity index (χ0) is 10.6. The van der Waals surface area contributed by atoms with E-state index in [1.165, 1.54) is 0 Å². The Morgan fingerprint density at radius 1 is 1.21 bits per heavy atom. The molecular weight excluding hydrogens is 176 g/mol. The van der Waals surface area contributed by atoms with E-state index in [1.807, 2.05) is 0 Å². The second-order valence-corrected chi connectivity index (χ2v) is 2.82. The third kappa shape index (κ3) is 8.64. The zero-order valence-corrected chi connectivity index (χ0v) is 8.31. The third-order valence-electron chi connectivity index (χ3n) is 1.58. The van der Waals surface area contributed by atoms with E-state index < -0.39 is 0 Å². The van der Waals surface area contributed by atoms with E-state index in [2.05, 4.69) is 22.5 Å². The molecule has 76 valence electrons. The van der Waals surface area contributed by atoms with Crippen LogP contribution in [0.4, 0.5) is 0 Å². The van der Waals surface area contributed by atoms with Gasteiger partial charge in [0, 0.05) is 13.0 Å². The largest absolute Gasteiger partial charge is 0.355 e. The number of hydrogen-bond acceptors (Lipinski definition) is 2. The van der Waals surface area contributed by atoms with Crippen LogP contribution in [0.2, 0.25) is 0 Å². The lowest BCUT2D eigenvalue weighted by atomic mass is 10.2. The molecule has 0 aromatic rings. The van der Waals surface area contributed by atoms with Gasteiger partial charge in [-0.15, -0.1) is 18.8 Å². The van der Waals surface area contributed by atoms with Crippen molar-refractivity contribution in [2.75, 3.05) is 19.6 Å². The monoisotopic (exact) mass is 192 g/mol. The molecule has 0 saturated carbocycles. The van der Waals surface area contributed by atoms with E-state index >= 15 is 0 Å². The minimum Gasteiger partial charge on any atom is -0.355 e. The number of carbonyl (C=O) groups excluding carboxylic acids is 1. The Bertz CT molecular complexity index is 235. The molecule has 14 heavy (non-hydrogen) atoms. The van der Waals surface area contributed by atoms with Gasteiger partial charge in [0.2, 0.25) is 5.91 Å². The molecule has 0 radical (unpaired) electrons. The summed E-state index contributed by atoms with van der Waals surface area (Å²) in [6, 6.07) is 0. The molecule has 0 rings (SSSR count). The van der Waals surface area contributed by atoms with Crippen LogP contribution >= 0.6 is 0 Å². The Hall–Kier alpha value is -1.45. The summed E-state index contributed by atoms with van der Waals surface area (Å²) in [7, 11) is 0. The van der Waals surface area contributed by atoms with Crippen LogP contribution in [0.3, 0.4) is 0 Å². The second-order valence-electron chi connectivity index (χ2n) is 2.82. The van der Waals surface area contributed by atoms with Crippen molar-refractivity contribution >= 4 is 5.91 Å². The molecule has 2 N–H and O–H groups in total. The Balaban J connectivity index is 3.20. The summed E-state index contributed by atoms with van der Waals surface area (Å²) in [5, 5.41) is 5.57. The molecule has 0 aromatic heterocycles.